The first-order valence-electron chi connectivity index (χ1n) is 6.23. The summed E-state index contributed by atoms with van der Waals surface area (Å²) in [4.78, 5) is 17.6. The summed E-state index contributed by atoms with van der Waals surface area (Å²) in [6, 6.07) is 6.45. The topological polar surface area (TPSA) is 83.1 Å². The van der Waals surface area contributed by atoms with Gasteiger partial charge < -0.3 is 4.98 Å². The quantitative estimate of drug-likeness (QED) is 0.904. The number of nitrogens with one attached hydrogen (secondary N) is 1. The number of sulfonamides is 1. The van der Waals surface area contributed by atoms with Crippen LogP contribution in [0.4, 0.5) is 0 Å². The van der Waals surface area contributed by atoms with Crippen molar-refractivity contribution in [2.75, 3.05) is 6.54 Å². The Morgan fingerprint density at radius 2 is 2.14 bits per heavy atom. The minimum Gasteiger partial charge on any atom is -0.326 e. The Labute approximate surface area is 127 Å². The number of aromatic amines is 1. The fourth-order valence-corrected chi connectivity index (χ4v) is 3.43. The van der Waals surface area contributed by atoms with E-state index in [0.717, 1.165) is 12.3 Å². The molecule has 1 N–H and O–H groups in total. The normalized spacial score (nSPS) is 11.8. The first kappa shape index (κ1) is 15.7. The second-order valence-electron chi connectivity index (χ2n) is 4.26. The van der Waals surface area contributed by atoms with Gasteiger partial charge in [0.1, 0.15) is 5.02 Å². The third-order valence-electron chi connectivity index (χ3n) is 2.89. The first-order chi connectivity index (χ1) is 9.95. The second-order valence-corrected chi connectivity index (χ2v) is 6.61. The SMILES string of the molecule is CCN(Cc1ccccn1)S(=O)(=O)c1c[nH]c(=O)c(Cl)c1. The molecule has 8 heteroatoms. The molecule has 0 aromatic carbocycles. The molecule has 21 heavy (non-hydrogen) atoms. The van der Waals surface area contributed by atoms with Crippen LogP contribution in [0.5, 0.6) is 0 Å². The Morgan fingerprint density at radius 1 is 1.38 bits per heavy atom. The maximum atomic E-state index is 12.5. The zero-order valence-electron chi connectivity index (χ0n) is 11.3. The standard InChI is InChI=1S/C13H14ClN3O3S/c1-2-17(9-10-5-3-4-6-15-10)21(19,20)11-7-12(14)13(18)16-8-11/h3-8H,2,9H2,1H3,(H,16,18). The second kappa shape index (κ2) is 6.38. The Hall–Kier alpha value is -1.70. The fraction of sp³-hybridized carbons (Fsp3) is 0.231. The lowest BCUT2D eigenvalue weighted by Crippen LogP contribution is -2.31. The highest BCUT2D eigenvalue weighted by Gasteiger charge is 2.24. The highest BCUT2D eigenvalue weighted by Crippen LogP contribution is 2.18. The minimum atomic E-state index is -3.75. The summed E-state index contributed by atoms with van der Waals surface area (Å²) < 4.78 is 26.4. The number of rotatable bonds is 5. The van der Waals surface area contributed by atoms with Gasteiger partial charge in [-0.3, -0.25) is 9.78 Å². The molecule has 6 nitrogen and oxygen atoms in total. The number of halogens is 1. The molecule has 0 radical (unpaired) electrons. The van der Waals surface area contributed by atoms with Crippen LogP contribution in [0, 0.1) is 0 Å². The number of aromatic nitrogens is 2. The van der Waals surface area contributed by atoms with Gasteiger partial charge in [0.15, 0.2) is 0 Å². The van der Waals surface area contributed by atoms with Crippen molar-refractivity contribution in [2.24, 2.45) is 0 Å². The van der Waals surface area contributed by atoms with E-state index in [1.54, 1.807) is 31.3 Å². The van der Waals surface area contributed by atoms with Gasteiger partial charge >= 0.3 is 0 Å². The molecule has 2 aromatic rings. The van der Waals surface area contributed by atoms with Crippen LogP contribution in [0.25, 0.3) is 0 Å². The third-order valence-corrected chi connectivity index (χ3v) is 5.07. The number of pyridine rings is 2. The molecule has 0 atom stereocenters. The molecular weight excluding hydrogens is 314 g/mol. The molecule has 2 aromatic heterocycles. The predicted octanol–water partition coefficient (Wildman–Crippen LogP) is 1.63. The van der Waals surface area contributed by atoms with Crippen LogP contribution in [0.2, 0.25) is 5.02 Å². The average molecular weight is 328 g/mol. The van der Waals surface area contributed by atoms with Crippen LogP contribution in [0.1, 0.15) is 12.6 Å². The lowest BCUT2D eigenvalue weighted by atomic mass is 10.3. The van der Waals surface area contributed by atoms with Crippen LogP contribution >= 0.6 is 11.6 Å². The van der Waals surface area contributed by atoms with Crippen LogP contribution < -0.4 is 5.56 Å². The summed E-state index contributed by atoms with van der Waals surface area (Å²) in [5, 5.41) is -0.162. The van der Waals surface area contributed by atoms with E-state index in [1.807, 2.05) is 0 Å². The number of hydrogen-bond donors (Lipinski definition) is 1. The third kappa shape index (κ3) is 3.49. The summed E-state index contributed by atoms with van der Waals surface area (Å²) >= 11 is 5.69. The summed E-state index contributed by atoms with van der Waals surface area (Å²) in [5.41, 5.74) is 0.113. The van der Waals surface area contributed by atoms with Crippen LogP contribution in [0.3, 0.4) is 0 Å². The van der Waals surface area contributed by atoms with Gasteiger partial charge in [-0.1, -0.05) is 24.6 Å². The maximum absolute atomic E-state index is 12.5. The van der Waals surface area contributed by atoms with E-state index in [4.69, 9.17) is 11.6 Å². The molecule has 0 bridgehead atoms. The van der Waals surface area contributed by atoms with Gasteiger partial charge in [-0.05, 0) is 18.2 Å². The Bertz CT molecular complexity index is 775. The molecule has 0 saturated carbocycles. The zero-order valence-corrected chi connectivity index (χ0v) is 12.9. The van der Waals surface area contributed by atoms with Gasteiger partial charge in [-0.2, -0.15) is 4.31 Å². The molecule has 0 saturated heterocycles. The number of nitrogens with zero attached hydrogens (tertiary/aromatic N) is 2. The molecule has 0 aliphatic carbocycles. The van der Waals surface area contributed by atoms with Gasteiger partial charge in [0.05, 0.1) is 17.1 Å². The molecule has 0 amide bonds. The Morgan fingerprint density at radius 3 is 2.71 bits per heavy atom. The van der Waals surface area contributed by atoms with Crippen LogP contribution in [-0.2, 0) is 16.6 Å². The van der Waals surface area contributed by atoms with Crippen LogP contribution in [-0.4, -0.2) is 29.2 Å². The van der Waals surface area contributed by atoms with Gasteiger partial charge in [0.25, 0.3) is 5.56 Å². The van der Waals surface area contributed by atoms with E-state index in [9.17, 15) is 13.2 Å². The highest BCUT2D eigenvalue weighted by molar-refractivity contribution is 7.89. The molecule has 0 aliphatic heterocycles. The van der Waals surface area contributed by atoms with Gasteiger partial charge in [-0.25, -0.2) is 8.42 Å². The van der Waals surface area contributed by atoms with E-state index in [0.29, 0.717) is 5.69 Å². The van der Waals surface area contributed by atoms with Crippen molar-refractivity contribution < 1.29 is 8.42 Å². The summed E-state index contributed by atoms with van der Waals surface area (Å²) in [6.07, 6.45) is 2.75. The minimum absolute atomic E-state index is 0.0510. The van der Waals surface area contributed by atoms with E-state index in [2.05, 4.69) is 9.97 Å². The van der Waals surface area contributed by atoms with Crippen molar-refractivity contribution in [2.45, 2.75) is 18.4 Å². The van der Waals surface area contributed by atoms with Gasteiger partial charge in [0, 0.05) is 18.9 Å². The highest BCUT2D eigenvalue weighted by atomic mass is 35.5. The Kier molecular flexibility index (Phi) is 4.76. The number of H-pyrrole nitrogens is 1. The Balaban J connectivity index is 2.35. The summed E-state index contributed by atoms with van der Waals surface area (Å²) in [5.74, 6) is 0. The molecular formula is C13H14ClN3O3S. The first-order valence-corrected chi connectivity index (χ1v) is 8.05. The molecule has 2 rings (SSSR count). The van der Waals surface area contributed by atoms with Gasteiger partial charge in [0.2, 0.25) is 10.0 Å². The fourth-order valence-electron chi connectivity index (χ4n) is 1.77. The maximum Gasteiger partial charge on any atom is 0.266 e. The van der Waals surface area contributed by atoms with E-state index in [-0.39, 0.29) is 23.0 Å². The summed E-state index contributed by atoms with van der Waals surface area (Å²) in [7, 11) is -3.75. The van der Waals surface area contributed by atoms with Crippen molar-refractivity contribution in [1.29, 1.82) is 0 Å². The molecule has 0 aliphatic rings. The predicted molar refractivity (Wildman–Crippen MR) is 79.6 cm³/mol. The lowest BCUT2D eigenvalue weighted by molar-refractivity contribution is 0.419. The van der Waals surface area contributed by atoms with Crippen molar-refractivity contribution >= 4 is 21.6 Å². The lowest BCUT2D eigenvalue weighted by Gasteiger charge is -2.20. The number of hydrogen-bond acceptors (Lipinski definition) is 4. The zero-order chi connectivity index (χ0) is 15.5. The largest absolute Gasteiger partial charge is 0.326 e. The van der Waals surface area contributed by atoms with Crippen molar-refractivity contribution in [3.05, 3.63) is 57.7 Å². The smallest absolute Gasteiger partial charge is 0.266 e. The molecule has 112 valence electrons. The van der Waals surface area contributed by atoms with Crippen molar-refractivity contribution in [3.8, 4) is 0 Å². The van der Waals surface area contributed by atoms with E-state index >= 15 is 0 Å². The molecule has 0 spiro atoms. The van der Waals surface area contributed by atoms with Crippen LogP contribution in [0.15, 0.2) is 46.3 Å². The molecule has 0 unspecified atom stereocenters. The monoisotopic (exact) mass is 327 g/mol. The van der Waals surface area contributed by atoms with E-state index < -0.39 is 15.6 Å². The molecule has 2 heterocycles. The summed E-state index contributed by atoms with van der Waals surface area (Å²) in [6.45, 7) is 2.15. The van der Waals surface area contributed by atoms with Gasteiger partial charge in [-0.15, -0.1) is 0 Å². The van der Waals surface area contributed by atoms with Crippen molar-refractivity contribution in [1.82, 2.24) is 14.3 Å². The van der Waals surface area contributed by atoms with Crippen molar-refractivity contribution in [3.63, 3.8) is 0 Å². The molecule has 0 fully saturated rings. The van der Waals surface area contributed by atoms with E-state index in [1.165, 1.54) is 4.31 Å². The average Bonchev–Trinajstić information content (AvgIpc) is 2.48.